The van der Waals surface area contributed by atoms with Crippen LogP contribution in [0.2, 0.25) is 5.15 Å². The predicted molar refractivity (Wildman–Crippen MR) is 102 cm³/mol. The molecule has 0 spiro atoms. The molecule has 0 radical (unpaired) electrons. The molecular weight excluding hydrogens is 334 g/mol. The van der Waals surface area contributed by atoms with E-state index in [0.717, 1.165) is 32.2 Å². The first-order valence-electron chi connectivity index (χ1n) is 8.87. The minimum Gasteiger partial charge on any atom is -0.373 e. The third-order valence-electron chi connectivity index (χ3n) is 4.79. The number of anilines is 1. The minimum absolute atomic E-state index is 0.0542. The Balaban J connectivity index is 1.73. The molecule has 0 bridgehead atoms. The van der Waals surface area contributed by atoms with Crippen molar-refractivity contribution in [1.82, 2.24) is 9.88 Å². The molecule has 1 N–H and O–H groups in total. The van der Waals surface area contributed by atoms with Gasteiger partial charge in [0.15, 0.2) is 0 Å². The third-order valence-corrected chi connectivity index (χ3v) is 4.99. The lowest BCUT2D eigenvalue weighted by molar-refractivity contribution is 0.0602. The maximum absolute atomic E-state index is 13.1. The van der Waals surface area contributed by atoms with E-state index in [1.807, 2.05) is 11.0 Å². The maximum atomic E-state index is 13.1. The van der Waals surface area contributed by atoms with Crippen molar-refractivity contribution in [2.45, 2.75) is 38.1 Å². The molecule has 1 atom stereocenters. The topological polar surface area (TPSA) is 45.2 Å². The maximum Gasteiger partial charge on any atom is 0.254 e. The first kappa shape index (κ1) is 17.7. The van der Waals surface area contributed by atoms with Gasteiger partial charge in [-0.25, -0.2) is 4.98 Å². The Morgan fingerprint density at radius 1 is 1.28 bits per heavy atom. The lowest BCUT2D eigenvalue weighted by Gasteiger charge is -2.36. The number of carbonyl (C=O) groups excluding carboxylic acids is 1. The lowest BCUT2D eigenvalue weighted by atomic mass is 9.95. The Hall–Kier alpha value is -2.07. The second kappa shape index (κ2) is 8.34. The number of halogens is 1. The van der Waals surface area contributed by atoms with Crippen LogP contribution < -0.4 is 5.32 Å². The Kier molecular flexibility index (Phi) is 5.92. The van der Waals surface area contributed by atoms with E-state index < -0.39 is 0 Å². The average molecular weight is 358 g/mol. The number of rotatable bonds is 5. The number of nitrogens with one attached hydrogen (secondary N) is 1. The highest BCUT2D eigenvalue weighted by Gasteiger charge is 2.27. The van der Waals surface area contributed by atoms with Gasteiger partial charge in [0.1, 0.15) is 11.0 Å². The Morgan fingerprint density at radius 3 is 2.84 bits per heavy atom. The van der Waals surface area contributed by atoms with Gasteiger partial charge in [-0.2, -0.15) is 0 Å². The van der Waals surface area contributed by atoms with Gasteiger partial charge in [-0.15, -0.1) is 0 Å². The van der Waals surface area contributed by atoms with Crippen LogP contribution in [0, 0.1) is 0 Å². The van der Waals surface area contributed by atoms with E-state index in [4.69, 9.17) is 11.6 Å². The van der Waals surface area contributed by atoms with Gasteiger partial charge >= 0.3 is 0 Å². The molecule has 1 saturated heterocycles. The van der Waals surface area contributed by atoms with Gasteiger partial charge < -0.3 is 10.2 Å². The number of aromatic nitrogens is 1. The minimum atomic E-state index is 0.0542. The van der Waals surface area contributed by atoms with Crippen LogP contribution in [0.15, 0.2) is 42.5 Å². The van der Waals surface area contributed by atoms with Crippen LogP contribution in [0.25, 0.3) is 0 Å². The highest BCUT2D eigenvalue weighted by molar-refractivity contribution is 6.29. The Labute approximate surface area is 154 Å². The second-order valence-electron chi connectivity index (χ2n) is 6.49. The summed E-state index contributed by atoms with van der Waals surface area (Å²) in [5.74, 6) is 0.673. The van der Waals surface area contributed by atoms with Crippen LogP contribution in [-0.2, 0) is 6.42 Å². The molecule has 0 aliphatic carbocycles. The predicted octanol–water partition coefficient (Wildman–Crippen LogP) is 4.40. The monoisotopic (exact) mass is 357 g/mol. The van der Waals surface area contributed by atoms with Crippen molar-refractivity contribution in [2.24, 2.45) is 0 Å². The molecule has 1 aromatic heterocycles. The zero-order valence-electron chi connectivity index (χ0n) is 14.5. The molecule has 1 amide bonds. The summed E-state index contributed by atoms with van der Waals surface area (Å²) >= 11 is 6.07. The highest BCUT2D eigenvalue weighted by atomic mass is 35.5. The fourth-order valence-electron chi connectivity index (χ4n) is 3.46. The number of nitrogens with zero attached hydrogens (tertiary/aromatic N) is 2. The molecule has 2 aromatic rings. The third kappa shape index (κ3) is 4.51. The number of pyridine rings is 1. The first-order valence-corrected chi connectivity index (χ1v) is 9.25. The number of hydrogen-bond donors (Lipinski definition) is 1. The highest BCUT2D eigenvalue weighted by Crippen LogP contribution is 2.25. The smallest absolute Gasteiger partial charge is 0.254 e. The molecule has 1 aromatic carbocycles. The molecular formula is C20H24ClN3O. The SMILES string of the molecule is CNc1cc(C(=O)N2CCCC[C@@H]2CCc2ccccc2)cc(Cl)n1. The summed E-state index contributed by atoms with van der Waals surface area (Å²) in [6, 6.07) is 14.2. The molecule has 3 rings (SSSR count). The van der Waals surface area contributed by atoms with Gasteiger partial charge in [0.2, 0.25) is 0 Å². The zero-order valence-corrected chi connectivity index (χ0v) is 15.3. The number of carbonyl (C=O) groups is 1. The number of hydrogen-bond acceptors (Lipinski definition) is 3. The van der Waals surface area contributed by atoms with Crippen molar-refractivity contribution >= 4 is 23.3 Å². The second-order valence-corrected chi connectivity index (χ2v) is 6.87. The fraction of sp³-hybridized carbons (Fsp3) is 0.400. The molecule has 4 nitrogen and oxygen atoms in total. The molecule has 1 aliphatic rings. The van der Waals surface area contributed by atoms with Gasteiger partial charge in [0.25, 0.3) is 5.91 Å². The van der Waals surface area contributed by atoms with E-state index in [-0.39, 0.29) is 11.9 Å². The summed E-state index contributed by atoms with van der Waals surface area (Å²) in [5, 5.41) is 3.30. The first-order chi connectivity index (χ1) is 12.2. The molecule has 0 saturated carbocycles. The van der Waals surface area contributed by atoms with E-state index in [2.05, 4.69) is 34.6 Å². The van der Waals surface area contributed by atoms with E-state index in [9.17, 15) is 4.79 Å². The Morgan fingerprint density at radius 2 is 2.08 bits per heavy atom. The van der Waals surface area contributed by atoms with Crippen molar-refractivity contribution in [3.05, 3.63) is 58.7 Å². The van der Waals surface area contributed by atoms with E-state index in [1.54, 1.807) is 19.2 Å². The largest absolute Gasteiger partial charge is 0.373 e. The van der Waals surface area contributed by atoms with Crippen LogP contribution in [0.1, 0.15) is 41.6 Å². The van der Waals surface area contributed by atoms with Crippen molar-refractivity contribution in [2.75, 3.05) is 18.9 Å². The zero-order chi connectivity index (χ0) is 17.6. The molecule has 2 heterocycles. The van der Waals surface area contributed by atoms with Gasteiger partial charge in [-0.05, 0) is 49.8 Å². The van der Waals surface area contributed by atoms with Crippen LogP contribution in [0.4, 0.5) is 5.82 Å². The molecule has 1 aliphatic heterocycles. The van der Waals surface area contributed by atoms with Crippen molar-refractivity contribution in [1.29, 1.82) is 0 Å². The molecule has 1 fully saturated rings. The van der Waals surface area contributed by atoms with E-state index in [1.165, 1.54) is 12.0 Å². The Bertz CT molecular complexity index is 720. The summed E-state index contributed by atoms with van der Waals surface area (Å²) in [6.07, 6.45) is 5.30. The van der Waals surface area contributed by atoms with Gasteiger partial charge in [-0.1, -0.05) is 41.9 Å². The fourth-order valence-corrected chi connectivity index (χ4v) is 3.67. The quantitative estimate of drug-likeness (QED) is 0.806. The van der Waals surface area contributed by atoms with Crippen LogP contribution in [0.3, 0.4) is 0 Å². The molecule has 5 heteroatoms. The van der Waals surface area contributed by atoms with E-state index in [0.29, 0.717) is 16.5 Å². The van der Waals surface area contributed by atoms with Crippen molar-refractivity contribution < 1.29 is 4.79 Å². The normalized spacial score (nSPS) is 17.4. The van der Waals surface area contributed by atoms with Crippen LogP contribution in [-0.4, -0.2) is 35.4 Å². The summed E-state index contributed by atoms with van der Waals surface area (Å²) in [4.78, 5) is 19.2. The molecule has 25 heavy (non-hydrogen) atoms. The average Bonchev–Trinajstić information content (AvgIpc) is 2.66. The van der Waals surface area contributed by atoms with Crippen molar-refractivity contribution in [3.8, 4) is 0 Å². The standard InChI is InChI=1S/C20H24ClN3O/c1-22-19-14-16(13-18(21)23-19)20(25)24-12-6-5-9-17(24)11-10-15-7-3-2-4-8-15/h2-4,7-8,13-14,17H,5-6,9-12H2,1H3,(H,22,23)/t17-/m1/s1. The number of likely N-dealkylation sites (tertiary alicyclic amines) is 1. The molecule has 0 unspecified atom stereocenters. The summed E-state index contributed by atoms with van der Waals surface area (Å²) in [7, 11) is 1.77. The lowest BCUT2D eigenvalue weighted by Crippen LogP contribution is -2.44. The van der Waals surface area contributed by atoms with Gasteiger partial charge in [0, 0.05) is 25.2 Å². The summed E-state index contributed by atoms with van der Waals surface area (Å²) in [5.41, 5.74) is 1.93. The number of piperidine rings is 1. The van der Waals surface area contributed by atoms with E-state index >= 15 is 0 Å². The van der Waals surface area contributed by atoms with Crippen LogP contribution in [0.5, 0.6) is 0 Å². The summed E-state index contributed by atoms with van der Waals surface area (Å²) in [6.45, 7) is 0.813. The molecule has 132 valence electrons. The number of amides is 1. The number of aryl methyl sites for hydroxylation is 1. The van der Waals surface area contributed by atoms with Gasteiger partial charge in [-0.3, -0.25) is 4.79 Å². The van der Waals surface area contributed by atoms with Crippen LogP contribution >= 0.6 is 11.6 Å². The van der Waals surface area contributed by atoms with Gasteiger partial charge in [0.05, 0.1) is 0 Å². The number of benzene rings is 1. The van der Waals surface area contributed by atoms with Crippen molar-refractivity contribution in [3.63, 3.8) is 0 Å². The summed E-state index contributed by atoms with van der Waals surface area (Å²) < 4.78 is 0.